The Morgan fingerprint density at radius 3 is 2.82 bits per heavy atom. The van der Waals surface area contributed by atoms with Crippen LogP contribution in [0.3, 0.4) is 0 Å². The summed E-state index contributed by atoms with van der Waals surface area (Å²) in [6, 6.07) is 5.58. The second kappa shape index (κ2) is 5.50. The lowest BCUT2D eigenvalue weighted by Gasteiger charge is -2.05. The van der Waals surface area contributed by atoms with Crippen LogP contribution in [0.4, 0.5) is 0 Å². The second-order valence-corrected chi connectivity index (χ2v) is 6.55. The first-order chi connectivity index (χ1) is 10.5. The minimum Gasteiger partial charge on any atom is -0.360 e. The smallest absolute Gasteiger partial charge is 0.245 e. The van der Waals surface area contributed by atoms with Crippen molar-refractivity contribution >= 4 is 15.7 Å². The van der Waals surface area contributed by atoms with Gasteiger partial charge in [-0.05, 0) is 26.0 Å². The van der Waals surface area contributed by atoms with Gasteiger partial charge in [0, 0.05) is 19.2 Å². The Balaban J connectivity index is 1.73. The van der Waals surface area contributed by atoms with E-state index < -0.39 is 10.0 Å². The molecule has 3 aromatic heterocycles. The molecule has 0 saturated heterocycles. The Kier molecular flexibility index (Phi) is 3.67. The average Bonchev–Trinajstić information content (AvgIpc) is 3.03. The molecular weight excluding hydrogens is 306 g/mol. The van der Waals surface area contributed by atoms with E-state index in [1.807, 2.05) is 28.8 Å². The van der Waals surface area contributed by atoms with Gasteiger partial charge in [-0.1, -0.05) is 11.2 Å². The van der Waals surface area contributed by atoms with Gasteiger partial charge in [-0.15, -0.1) is 10.2 Å². The summed E-state index contributed by atoms with van der Waals surface area (Å²) in [6.07, 6.45) is 2.27. The van der Waals surface area contributed by atoms with E-state index in [-0.39, 0.29) is 17.2 Å². The maximum Gasteiger partial charge on any atom is 0.245 e. The van der Waals surface area contributed by atoms with Crippen molar-refractivity contribution in [2.45, 2.75) is 25.2 Å². The molecular formula is C13H15N5O3S. The van der Waals surface area contributed by atoms with E-state index in [9.17, 15) is 8.42 Å². The molecule has 8 nitrogen and oxygen atoms in total. The number of pyridine rings is 1. The van der Waals surface area contributed by atoms with Crippen molar-refractivity contribution < 1.29 is 12.9 Å². The average molecular weight is 321 g/mol. The summed E-state index contributed by atoms with van der Waals surface area (Å²) in [5, 5.41) is 11.7. The van der Waals surface area contributed by atoms with Crippen molar-refractivity contribution in [3.8, 4) is 0 Å². The van der Waals surface area contributed by atoms with Gasteiger partial charge in [0.15, 0.2) is 11.4 Å². The molecule has 3 rings (SSSR count). The Bertz CT molecular complexity index is 893. The molecule has 22 heavy (non-hydrogen) atoms. The van der Waals surface area contributed by atoms with Gasteiger partial charge in [-0.25, -0.2) is 13.1 Å². The van der Waals surface area contributed by atoms with Crippen molar-refractivity contribution in [3.05, 3.63) is 41.7 Å². The topological polar surface area (TPSA) is 102 Å². The summed E-state index contributed by atoms with van der Waals surface area (Å²) in [5.41, 5.74) is 1.07. The third kappa shape index (κ3) is 2.60. The van der Waals surface area contributed by atoms with Crippen molar-refractivity contribution in [2.75, 3.05) is 6.54 Å². The van der Waals surface area contributed by atoms with Crippen molar-refractivity contribution in [1.82, 2.24) is 24.5 Å². The van der Waals surface area contributed by atoms with Crippen molar-refractivity contribution in [3.63, 3.8) is 0 Å². The Hall–Kier alpha value is -2.26. The summed E-state index contributed by atoms with van der Waals surface area (Å²) in [7, 11) is -3.65. The highest BCUT2D eigenvalue weighted by Gasteiger charge is 2.23. The molecule has 0 amide bonds. The molecule has 3 heterocycles. The van der Waals surface area contributed by atoms with Crippen molar-refractivity contribution in [2.24, 2.45) is 0 Å². The zero-order valence-corrected chi connectivity index (χ0v) is 13.0. The highest BCUT2D eigenvalue weighted by atomic mass is 32.2. The summed E-state index contributed by atoms with van der Waals surface area (Å²) in [6.45, 7) is 3.37. The molecule has 0 spiro atoms. The predicted molar refractivity (Wildman–Crippen MR) is 77.9 cm³/mol. The number of nitrogens with one attached hydrogen (secondary N) is 1. The fraction of sp³-hybridized carbons (Fsp3) is 0.308. The summed E-state index contributed by atoms with van der Waals surface area (Å²) in [5.74, 6) is 0.968. The molecule has 0 fully saturated rings. The van der Waals surface area contributed by atoms with E-state index in [0.717, 1.165) is 5.65 Å². The van der Waals surface area contributed by atoms with E-state index >= 15 is 0 Å². The van der Waals surface area contributed by atoms with Gasteiger partial charge in [0.1, 0.15) is 16.4 Å². The number of rotatable bonds is 5. The normalized spacial score (nSPS) is 12.1. The van der Waals surface area contributed by atoms with Gasteiger partial charge >= 0.3 is 0 Å². The zero-order chi connectivity index (χ0) is 15.7. The van der Waals surface area contributed by atoms with E-state index in [1.54, 1.807) is 13.8 Å². The number of sulfonamides is 1. The molecule has 0 bridgehead atoms. The van der Waals surface area contributed by atoms with Crippen LogP contribution in [0.5, 0.6) is 0 Å². The fourth-order valence-electron chi connectivity index (χ4n) is 2.29. The highest BCUT2D eigenvalue weighted by molar-refractivity contribution is 7.89. The SMILES string of the molecule is Cc1noc(C)c1S(=O)(=O)NCCc1nnc2ccccn12. The number of nitrogens with zero attached hydrogens (tertiary/aromatic N) is 4. The third-order valence-corrected chi connectivity index (χ3v) is 4.97. The number of hydrogen-bond acceptors (Lipinski definition) is 6. The molecule has 0 unspecified atom stereocenters. The number of fused-ring (bicyclic) bond motifs is 1. The molecule has 0 saturated carbocycles. The first kappa shape index (κ1) is 14.7. The first-order valence-corrected chi connectivity index (χ1v) is 8.18. The van der Waals surface area contributed by atoms with Crippen LogP contribution in [0.1, 0.15) is 17.3 Å². The monoisotopic (exact) mass is 321 g/mol. The highest BCUT2D eigenvalue weighted by Crippen LogP contribution is 2.18. The maximum absolute atomic E-state index is 12.3. The summed E-state index contributed by atoms with van der Waals surface area (Å²) < 4.78 is 33.8. The van der Waals surface area contributed by atoms with Crippen LogP contribution in [-0.2, 0) is 16.4 Å². The van der Waals surface area contributed by atoms with Crippen LogP contribution < -0.4 is 4.72 Å². The minimum atomic E-state index is -3.65. The fourth-order valence-corrected chi connectivity index (χ4v) is 3.65. The van der Waals surface area contributed by atoms with E-state index in [1.165, 1.54) is 0 Å². The van der Waals surface area contributed by atoms with Gasteiger partial charge in [0.2, 0.25) is 10.0 Å². The molecule has 0 aliphatic carbocycles. The lowest BCUT2D eigenvalue weighted by atomic mass is 10.4. The molecule has 3 aromatic rings. The van der Waals surface area contributed by atoms with Crippen LogP contribution in [0, 0.1) is 13.8 Å². The molecule has 0 aromatic carbocycles. The van der Waals surface area contributed by atoms with Crippen LogP contribution in [-0.4, -0.2) is 34.7 Å². The zero-order valence-electron chi connectivity index (χ0n) is 12.1. The van der Waals surface area contributed by atoms with Gasteiger partial charge in [-0.2, -0.15) is 0 Å². The molecule has 116 valence electrons. The van der Waals surface area contributed by atoms with Gasteiger partial charge < -0.3 is 4.52 Å². The van der Waals surface area contributed by atoms with Gasteiger partial charge in [0.25, 0.3) is 0 Å². The molecule has 1 N–H and O–H groups in total. The van der Waals surface area contributed by atoms with Crippen molar-refractivity contribution in [1.29, 1.82) is 0 Å². The molecule has 0 aliphatic heterocycles. The quantitative estimate of drug-likeness (QED) is 0.747. The largest absolute Gasteiger partial charge is 0.360 e. The van der Waals surface area contributed by atoms with Crippen LogP contribution in [0.15, 0.2) is 33.8 Å². The lowest BCUT2D eigenvalue weighted by Crippen LogP contribution is -2.27. The Labute approximate surface area is 127 Å². The predicted octanol–water partition coefficient (Wildman–Crippen LogP) is 0.855. The van der Waals surface area contributed by atoms with E-state index in [2.05, 4.69) is 20.1 Å². The van der Waals surface area contributed by atoms with Crippen LogP contribution in [0.25, 0.3) is 5.65 Å². The van der Waals surface area contributed by atoms with Crippen LogP contribution in [0.2, 0.25) is 0 Å². The molecule has 9 heteroatoms. The Morgan fingerprint density at radius 2 is 2.09 bits per heavy atom. The van der Waals surface area contributed by atoms with Gasteiger partial charge in [0.05, 0.1) is 0 Å². The minimum absolute atomic E-state index is 0.0959. The maximum atomic E-state index is 12.3. The Morgan fingerprint density at radius 1 is 1.27 bits per heavy atom. The van der Waals surface area contributed by atoms with E-state index in [0.29, 0.717) is 17.9 Å². The lowest BCUT2D eigenvalue weighted by molar-refractivity contribution is 0.390. The first-order valence-electron chi connectivity index (χ1n) is 6.70. The molecule has 0 radical (unpaired) electrons. The molecule has 0 atom stereocenters. The standard InChI is InChI=1S/C13H15N5O3S/c1-9-13(10(2)21-17-9)22(19,20)14-7-6-12-16-15-11-5-3-4-8-18(11)12/h3-5,8,14H,6-7H2,1-2H3. The number of hydrogen-bond donors (Lipinski definition) is 1. The van der Waals surface area contributed by atoms with E-state index in [4.69, 9.17) is 4.52 Å². The summed E-state index contributed by atoms with van der Waals surface area (Å²) in [4.78, 5) is 0.0959. The van der Waals surface area contributed by atoms with Gasteiger partial charge in [-0.3, -0.25) is 4.40 Å². The number of aromatic nitrogens is 4. The second-order valence-electron chi connectivity index (χ2n) is 4.85. The third-order valence-electron chi connectivity index (χ3n) is 3.26. The molecule has 0 aliphatic rings. The van der Waals surface area contributed by atoms with Crippen LogP contribution >= 0.6 is 0 Å². The summed E-state index contributed by atoms with van der Waals surface area (Å²) >= 11 is 0. The number of aryl methyl sites for hydroxylation is 2.